The largest absolute Gasteiger partial charge is 0.325 e. The summed E-state index contributed by atoms with van der Waals surface area (Å²) >= 11 is 0. The minimum atomic E-state index is 0.00556. The van der Waals surface area contributed by atoms with Crippen LogP contribution < -0.4 is 10.6 Å². The van der Waals surface area contributed by atoms with Gasteiger partial charge in [0.1, 0.15) is 0 Å². The van der Waals surface area contributed by atoms with Gasteiger partial charge in [-0.3, -0.25) is 4.79 Å². The number of nitrogens with zero attached hydrogens (tertiary/aromatic N) is 1. The Hall–Kier alpha value is -1.39. The van der Waals surface area contributed by atoms with Gasteiger partial charge in [0.2, 0.25) is 5.91 Å². The molecule has 1 rings (SSSR count). The van der Waals surface area contributed by atoms with Gasteiger partial charge in [0.25, 0.3) is 0 Å². The Labute approximate surface area is 116 Å². The fraction of sp³-hybridized carbons (Fsp3) is 0.533. The van der Waals surface area contributed by atoms with Crippen LogP contribution in [0.5, 0.6) is 0 Å². The number of nitrogens with one attached hydrogen (secondary N) is 2. The van der Waals surface area contributed by atoms with Gasteiger partial charge in [-0.1, -0.05) is 18.2 Å². The molecule has 0 saturated heterocycles. The van der Waals surface area contributed by atoms with Gasteiger partial charge >= 0.3 is 0 Å². The number of para-hydroxylation sites is 1. The monoisotopic (exact) mass is 263 g/mol. The topological polar surface area (TPSA) is 44.4 Å². The Bertz CT molecular complexity index is 404. The molecule has 0 bridgehead atoms. The van der Waals surface area contributed by atoms with E-state index in [1.54, 1.807) is 0 Å². The quantitative estimate of drug-likeness (QED) is 0.789. The molecule has 0 aliphatic rings. The summed E-state index contributed by atoms with van der Waals surface area (Å²) < 4.78 is 0. The van der Waals surface area contributed by atoms with E-state index in [9.17, 15) is 4.79 Å². The maximum atomic E-state index is 11.8. The molecule has 1 aromatic carbocycles. The van der Waals surface area contributed by atoms with Crippen LogP contribution in [0.2, 0.25) is 0 Å². The number of carbonyl (C=O) groups is 1. The number of benzene rings is 1. The minimum Gasteiger partial charge on any atom is -0.325 e. The van der Waals surface area contributed by atoms with Crippen molar-refractivity contribution in [3.8, 4) is 0 Å². The Morgan fingerprint density at radius 1 is 1.32 bits per heavy atom. The predicted octanol–water partition coefficient (Wildman–Crippen LogP) is 1.86. The summed E-state index contributed by atoms with van der Waals surface area (Å²) in [6.45, 7) is 5.46. The molecule has 0 aliphatic carbocycles. The van der Waals surface area contributed by atoms with E-state index in [0.717, 1.165) is 24.2 Å². The molecule has 0 fully saturated rings. The highest BCUT2D eigenvalue weighted by Crippen LogP contribution is 2.12. The SMILES string of the molecule is Cc1ccccc1NC(=O)CNC(C)CCN(C)C. The highest BCUT2D eigenvalue weighted by molar-refractivity contribution is 5.92. The standard InChI is InChI=1S/C15H25N3O/c1-12-7-5-6-8-14(12)17-15(19)11-16-13(2)9-10-18(3)4/h5-8,13,16H,9-11H2,1-4H3,(H,17,19). The lowest BCUT2D eigenvalue weighted by Crippen LogP contribution is -2.36. The molecule has 1 unspecified atom stereocenters. The Morgan fingerprint density at radius 3 is 2.63 bits per heavy atom. The zero-order valence-electron chi connectivity index (χ0n) is 12.4. The smallest absolute Gasteiger partial charge is 0.238 e. The third-order valence-corrected chi connectivity index (χ3v) is 3.04. The van der Waals surface area contributed by atoms with E-state index in [1.165, 1.54) is 0 Å². The lowest BCUT2D eigenvalue weighted by molar-refractivity contribution is -0.115. The summed E-state index contributed by atoms with van der Waals surface area (Å²) in [6.07, 6.45) is 1.03. The molecule has 4 nitrogen and oxygen atoms in total. The molecule has 2 N–H and O–H groups in total. The fourth-order valence-electron chi connectivity index (χ4n) is 1.73. The van der Waals surface area contributed by atoms with Gasteiger partial charge in [-0.2, -0.15) is 0 Å². The lowest BCUT2D eigenvalue weighted by atomic mass is 10.2. The second-order valence-corrected chi connectivity index (χ2v) is 5.24. The van der Waals surface area contributed by atoms with E-state index >= 15 is 0 Å². The van der Waals surface area contributed by atoms with Crippen molar-refractivity contribution in [2.75, 3.05) is 32.5 Å². The number of anilines is 1. The van der Waals surface area contributed by atoms with E-state index in [0.29, 0.717) is 12.6 Å². The van der Waals surface area contributed by atoms with Gasteiger partial charge in [-0.15, -0.1) is 0 Å². The van der Waals surface area contributed by atoms with Crippen LogP contribution in [0.25, 0.3) is 0 Å². The Morgan fingerprint density at radius 2 is 2.00 bits per heavy atom. The fourth-order valence-corrected chi connectivity index (χ4v) is 1.73. The molecular weight excluding hydrogens is 238 g/mol. The Balaban J connectivity index is 2.30. The summed E-state index contributed by atoms with van der Waals surface area (Å²) in [7, 11) is 4.11. The highest BCUT2D eigenvalue weighted by Gasteiger charge is 2.07. The number of amides is 1. The second-order valence-electron chi connectivity index (χ2n) is 5.24. The number of aryl methyl sites for hydroxylation is 1. The average Bonchev–Trinajstić information content (AvgIpc) is 2.36. The van der Waals surface area contributed by atoms with Crippen LogP contribution in [0.1, 0.15) is 18.9 Å². The summed E-state index contributed by atoms with van der Waals surface area (Å²) in [5.41, 5.74) is 1.96. The van der Waals surface area contributed by atoms with Crippen molar-refractivity contribution in [2.24, 2.45) is 0 Å². The van der Waals surface area contributed by atoms with Gasteiger partial charge in [0.15, 0.2) is 0 Å². The van der Waals surface area contributed by atoms with Crippen molar-refractivity contribution >= 4 is 11.6 Å². The van der Waals surface area contributed by atoms with Crippen molar-refractivity contribution in [3.63, 3.8) is 0 Å². The molecule has 1 atom stereocenters. The molecule has 4 heteroatoms. The molecule has 0 aliphatic heterocycles. The highest BCUT2D eigenvalue weighted by atomic mass is 16.1. The maximum Gasteiger partial charge on any atom is 0.238 e. The maximum absolute atomic E-state index is 11.8. The van der Waals surface area contributed by atoms with Crippen molar-refractivity contribution in [2.45, 2.75) is 26.3 Å². The zero-order valence-corrected chi connectivity index (χ0v) is 12.4. The normalized spacial score (nSPS) is 12.5. The summed E-state index contributed by atoms with van der Waals surface area (Å²) in [4.78, 5) is 14.0. The van der Waals surface area contributed by atoms with Crippen LogP contribution in [-0.4, -0.2) is 44.0 Å². The van der Waals surface area contributed by atoms with Crippen molar-refractivity contribution in [3.05, 3.63) is 29.8 Å². The molecule has 0 radical (unpaired) electrons. The van der Waals surface area contributed by atoms with Crippen molar-refractivity contribution in [1.29, 1.82) is 0 Å². The predicted molar refractivity (Wildman–Crippen MR) is 80.4 cm³/mol. The first-order valence-corrected chi connectivity index (χ1v) is 6.72. The third-order valence-electron chi connectivity index (χ3n) is 3.04. The second kappa shape index (κ2) is 7.92. The summed E-state index contributed by atoms with van der Waals surface area (Å²) in [5.74, 6) is 0.00556. The average molecular weight is 263 g/mol. The molecular formula is C15H25N3O. The van der Waals surface area contributed by atoms with Crippen molar-refractivity contribution < 1.29 is 4.79 Å². The first-order chi connectivity index (χ1) is 8.99. The van der Waals surface area contributed by atoms with Crippen molar-refractivity contribution in [1.82, 2.24) is 10.2 Å². The molecule has 1 aromatic rings. The van der Waals surface area contributed by atoms with E-state index < -0.39 is 0 Å². The van der Waals surface area contributed by atoms with E-state index in [2.05, 4.69) is 36.6 Å². The van der Waals surface area contributed by atoms with Gasteiger partial charge in [-0.25, -0.2) is 0 Å². The van der Waals surface area contributed by atoms with Crippen LogP contribution in [0.15, 0.2) is 24.3 Å². The molecule has 1 amide bonds. The van der Waals surface area contributed by atoms with Gasteiger partial charge in [-0.05, 0) is 52.5 Å². The third kappa shape index (κ3) is 6.36. The molecule has 0 aromatic heterocycles. The number of carbonyl (C=O) groups excluding carboxylic acids is 1. The van der Waals surface area contributed by atoms with E-state index in [1.807, 2.05) is 31.2 Å². The van der Waals surface area contributed by atoms with Gasteiger partial charge in [0, 0.05) is 11.7 Å². The van der Waals surface area contributed by atoms with Crippen LogP contribution >= 0.6 is 0 Å². The van der Waals surface area contributed by atoms with Gasteiger partial charge < -0.3 is 15.5 Å². The zero-order chi connectivity index (χ0) is 14.3. The lowest BCUT2D eigenvalue weighted by Gasteiger charge is -2.16. The number of rotatable bonds is 7. The van der Waals surface area contributed by atoms with E-state index in [4.69, 9.17) is 0 Å². The summed E-state index contributed by atoms with van der Waals surface area (Å²) in [5, 5.41) is 6.16. The summed E-state index contributed by atoms with van der Waals surface area (Å²) in [6, 6.07) is 8.14. The van der Waals surface area contributed by atoms with Gasteiger partial charge in [0.05, 0.1) is 6.54 Å². The van der Waals surface area contributed by atoms with Crippen LogP contribution in [0.3, 0.4) is 0 Å². The van der Waals surface area contributed by atoms with Crippen LogP contribution in [0.4, 0.5) is 5.69 Å². The first-order valence-electron chi connectivity index (χ1n) is 6.72. The molecule has 0 spiro atoms. The molecule has 0 saturated carbocycles. The van der Waals surface area contributed by atoms with E-state index in [-0.39, 0.29) is 5.91 Å². The van der Waals surface area contributed by atoms with Crippen LogP contribution in [-0.2, 0) is 4.79 Å². The van der Waals surface area contributed by atoms with Crippen LogP contribution in [0, 0.1) is 6.92 Å². The minimum absolute atomic E-state index is 0.00556. The number of hydrogen-bond donors (Lipinski definition) is 2. The Kier molecular flexibility index (Phi) is 6.53. The molecule has 19 heavy (non-hydrogen) atoms. The first kappa shape index (κ1) is 15.7. The number of hydrogen-bond acceptors (Lipinski definition) is 3. The molecule has 0 heterocycles. The molecule has 106 valence electrons.